The molecule has 0 saturated carbocycles. The Morgan fingerprint density at radius 2 is 2.11 bits per heavy atom. The Morgan fingerprint density at radius 1 is 1.33 bits per heavy atom. The maximum atomic E-state index is 11.9. The fourth-order valence-electron chi connectivity index (χ4n) is 1.11. The molecule has 2 aromatic rings. The molecule has 2 heterocycles. The summed E-state index contributed by atoms with van der Waals surface area (Å²) in [7, 11) is -3.78. The number of thiophene rings is 1. The van der Waals surface area contributed by atoms with Crippen LogP contribution in [-0.2, 0) is 10.0 Å². The van der Waals surface area contributed by atoms with Gasteiger partial charge in [-0.05, 0) is 18.2 Å². The number of nitrogens with one attached hydrogen (secondary N) is 2. The van der Waals surface area contributed by atoms with E-state index in [4.69, 9.17) is 5.26 Å². The van der Waals surface area contributed by atoms with E-state index in [1.54, 1.807) is 0 Å². The lowest BCUT2D eigenvalue weighted by Gasteiger charge is -2.03. The van der Waals surface area contributed by atoms with E-state index in [0.29, 0.717) is 4.88 Å². The van der Waals surface area contributed by atoms with Crippen LogP contribution in [0.25, 0.3) is 0 Å². The average molecular weight is 282 g/mol. The van der Waals surface area contributed by atoms with E-state index < -0.39 is 15.6 Å². The van der Waals surface area contributed by atoms with Crippen LogP contribution in [0, 0.1) is 11.3 Å². The van der Waals surface area contributed by atoms with Gasteiger partial charge in [-0.15, -0.1) is 11.3 Å². The standard InChI is InChI=1S/C9H6N4O3S2/c10-5-6-1-4-9(17-6)18(15,16)13-7-2-3-8(14)12-11-7/h1-4H,(H,11,13)(H,12,14). The van der Waals surface area contributed by atoms with Gasteiger partial charge in [-0.3, -0.25) is 9.52 Å². The third-order valence-corrected chi connectivity index (χ3v) is 4.71. The predicted molar refractivity (Wildman–Crippen MR) is 64.7 cm³/mol. The number of anilines is 1. The molecule has 2 aromatic heterocycles. The van der Waals surface area contributed by atoms with Crippen molar-refractivity contribution in [3.8, 4) is 6.07 Å². The first-order valence-corrected chi connectivity index (χ1v) is 6.90. The summed E-state index contributed by atoms with van der Waals surface area (Å²) >= 11 is 0.851. The summed E-state index contributed by atoms with van der Waals surface area (Å²) in [6.07, 6.45) is 0. The number of H-pyrrole nitrogens is 1. The topological polar surface area (TPSA) is 116 Å². The van der Waals surface area contributed by atoms with Crippen molar-refractivity contribution in [3.05, 3.63) is 39.5 Å². The molecule has 0 radical (unpaired) electrons. The van der Waals surface area contributed by atoms with E-state index in [1.165, 1.54) is 18.2 Å². The van der Waals surface area contributed by atoms with Gasteiger partial charge in [-0.25, -0.2) is 13.5 Å². The highest BCUT2D eigenvalue weighted by atomic mass is 32.2. The van der Waals surface area contributed by atoms with Gasteiger partial charge in [0.25, 0.3) is 15.6 Å². The normalized spacial score (nSPS) is 10.8. The van der Waals surface area contributed by atoms with Crippen LogP contribution >= 0.6 is 11.3 Å². The number of nitriles is 1. The van der Waals surface area contributed by atoms with Crippen LogP contribution in [0.1, 0.15) is 4.88 Å². The highest BCUT2D eigenvalue weighted by Gasteiger charge is 2.17. The van der Waals surface area contributed by atoms with E-state index in [1.807, 2.05) is 6.07 Å². The van der Waals surface area contributed by atoms with Crippen molar-refractivity contribution in [2.24, 2.45) is 0 Å². The van der Waals surface area contributed by atoms with Crippen LogP contribution in [0.5, 0.6) is 0 Å². The van der Waals surface area contributed by atoms with Crippen molar-refractivity contribution in [2.75, 3.05) is 4.72 Å². The van der Waals surface area contributed by atoms with Crippen molar-refractivity contribution in [2.45, 2.75) is 4.21 Å². The van der Waals surface area contributed by atoms with Gasteiger partial charge in [0.1, 0.15) is 15.2 Å². The Balaban J connectivity index is 2.30. The molecular formula is C9H6N4O3S2. The Hall–Kier alpha value is -2.18. The third kappa shape index (κ3) is 2.55. The van der Waals surface area contributed by atoms with E-state index in [0.717, 1.165) is 17.4 Å². The molecule has 0 aromatic carbocycles. The van der Waals surface area contributed by atoms with Crippen molar-refractivity contribution >= 4 is 27.2 Å². The molecule has 0 saturated heterocycles. The summed E-state index contributed by atoms with van der Waals surface area (Å²) in [6.45, 7) is 0. The molecular weight excluding hydrogens is 276 g/mol. The predicted octanol–water partition coefficient (Wildman–Crippen LogP) is 0.504. The Bertz CT molecular complexity index is 749. The molecule has 0 aliphatic carbocycles. The monoisotopic (exact) mass is 282 g/mol. The van der Waals surface area contributed by atoms with E-state index in [9.17, 15) is 13.2 Å². The highest BCUT2D eigenvalue weighted by Crippen LogP contribution is 2.22. The van der Waals surface area contributed by atoms with Gasteiger partial charge in [-0.2, -0.15) is 10.4 Å². The molecule has 0 aliphatic heterocycles. The number of aromatic amines is 1. The smallest absolute Gasteiger partial charge is 0.268 e. The number of nitrogens with zero attached hydrogens (tertiary/aromatic N) is 2. The summed E-state index contributed by atoms with van der Waals surface area (Å²) in [4.78, 5) is 11.1. The van der Waals surface area contributed by atoms with E-state index in [-0.39, 0.29) is 10.0 Å². The van der Waals surface area contributed by atoms with Crippen molar-refractivity contribution in [3.63, 3.8) is 0 Å². The van der Waals surface area contributed by atoms with Gasteiger partial charge in [0.15, 0.2) is 5.82 Å². The van der Waals surface area contributed by atoms with Gasteiger partial charge in [0.2, 0.25) is 0 Å². The molecule has 2 rings (SSSR count). The maximum Gasteiger partial charge on any atom is 0.272 e. The molecule has 0 amide bonds. The van der Waals surface area contributed by atoms with Gasteiger partial charge in [0.05, 0.1) is 0 Å². The second-order valence-corrected chi connectivity index (χ2v) is 6.14. The minimum atomic E-state index is -3.78. The molecule has 9 heteroatoms. The largest absolute Gasteiger partial charge is 0.272 e. The highest BCUT2D eigenvalue weighted by molar-refractivity contribution is 7.94. The van der Waals surface area contributed by atoms with Gasteiger partial charge in [0, 0.05) is 6.07 Å². The van der Waals surface area contributed by atoms with Crippen molar-refractivity contribution in [1.82, 2.24) is 10.2 Å². The zero-order valence-electron chi connectivity index (χ0n) is 8.75. The fourth-order valence-corrected chi connectivity index (χ4v) is 3.22. The molecule has 0 spiro atoms. The molecule has 7 nitrogen and oxygen atoms in total. The van der Waals surface area contributed by atoms with Gasteiger partial charge < -0.3 is 0 Å². The SMILES string of the molecule is N#Cc1ccc(S(=O)(=O)Nc2ccc(=O)[nH]n2)s1. The quantitative estimate of drug-likeness (QED) is 0.850. The lowest BCUT2D eigenvalue weighted by molar-refractivity contribution is 0.603. The van der Waals surface area contributed by atoms with Crippen LogP contribution in [-0.4, -0.2) is 18.6 Å². The second-order valence-electron chi connectivity index (χ2n) is 3.14. The zero-order chi connectivity index (χ0) is 13.2. The van der Waals surface area contributed by atoms with Crippen LogP contribution in [0.3, 0.4) is 0 Å². The van der Waals surface area contributed by atoms with Gasteiger partial charge >= 0.3 is 0 Å². The van der Waals surface area contributed by atoms with Crippen LogP contribution < -0.4 is 10.3 Å². The molecule has 0 unspecified atom stereocenters. The number of hydrogen-bond acceptors (Lipinski definition) is 6. The summed E-state index contributed by atoms with van der Waals surface area (Å²) in [5.74, 6) is 0.00140. The van der Waals surface area contributed by atoms with Crippen LogP contribution in [0.2, 0.25) is 0 Å². The zero-order valence-corrected chi connectivity index (χ0v) is 10.4. The number of sulfonamides is 1. The van der Waals surface area contributed by atoms with Crippen LogP contribution in [0.4, 0.5) is 5.82 Å². The number of hydrogen-bond donors (Lipinski definition) is 2. The van der Waals surface area contributed by atoms with Crippen molar-refractivity contribution < 1.29 is 8.42 Å². The lowest BCUT2D eigenvalue weighted by Crippen LogP contribution is -2.15. The van der Waals surface area contributed by atoms with Crippen LogP contribution in [0.15, 0.2) is 33.3 Å². The first kappa shape index (κ1) is 12.3. The fraction of sp³-hybridized carbons (Fsp3) is 0. The van der Waals surface area contributed by atoms with E-state index >= 15 is 0 Å². The molecule has 18 heavy (non-hydrogen) atoms. The minimum absolute atomic E-state index is 0.00140. The Morgan fingerprint density at radius 3 is 2.67 bits per heavy atom. The third-order valence-electron chi connectivity index (χ3n) is 1.87. The molecule has 2 N–H and O–H groups in total. The summed E-state index contributed by atoms with van der Waals surface area (Å²) in [5.41, 5.74) is -0.430. The summed E-state index contributed by atoms with van der Waals surface area (Å²) in [5, 5.41) is 14.3. The Kier molecular flexibility index (Phi) is 3.14. The molecule has 0 fully saturated rings. The van der Waals surface area contributed by atoms with Crippen molar-refractivity contribution in [1.29, 1.82) is 5.26 Å². The average Bonchev–Trinajstić information content (AvgIpc) is 2.81. The lowest BCUT2D eigenvalue weighted by atomic mass is 10.5. The number of aromatic nitrogens is 2. The minimum Gasteiger partial charge on any atom is -0.268 e. The first-order chi connectivity index (χ1) is 8.51. The molecule has 92 valence electrons. The second kappa shape index (κ2) is 4.59. The maximum absolute atomic E-state index is 11.9. The molecule has 0 aliphatic rings. The Labute approximate surface area is 106 Å². The summed E-state index contributed by atoms with van der Waals surface area (Å²) in [6, 6.07) is 7.00. The summed E-state index contributed by atoms with van der Waals surface area (Å²) < 4.78 is 25.9. The molecule has 0 atom stereocenters. The van der Waals surface area contributed by atoms with E-state index in [2.05, 4.69) is 14.9 Å². The van der Waals surface area contributed by atoms with Gasteiger partial charge in [-0.1, -0.05) is 0 Å². The number of rotatable bonds is 3. The molecule has 0 bridgehead atoms. The first-order valence-electron chi connectivity index (χ1n) is 4.60.